The van der Waals surface area contributed by atoms with Gasteiger partial charge in [0.05, 0.1) is 37.9 Å². The zero-order chi connectivity index (χ0) is 22.5. The van der Waals surface area contributed by atoms with Gasteiger partial charge in [-0.2, -0.15) is 0 Å². The second kappa shape index (κ2) is 13.8. The van der Waals surface area contributed by atoms with E-state index < -0.39 is 29.9 Å². The van der Waals surface area contributed by atoms with E-state index in [1.165, 1.54) is 18.2 Å². The Morgan fingerprint density at radius 3 is 2.67 bits per heavy atom. The summed E-state index contributed by atoms with van der Waals surface area (Å²) >= 11 is 0. The monoisotopic (exact) mass is 427 g/mol. The Labute approximate surface area is 175 Å². The summed E-state index contributed by atoms with van der Waals surface area (Å²) in [6.45, 7) is 4.26. The molecule has 10 heteroatoms. The number of benzene rings is 1. The Kier molecular flexibility index (Phi) is 11.8. The largest absolute Gasteiger partial charge is 0.490 e. The Morgan fingerprint density at radius 1 is 1.33 bits per heavy atom. The highest BCUT2D eigenvalue weighted by atomic mass is 19.1. The first-order chi connectivity index (χ1) is 14.3. The standard InChI is InChI=1S/C20H30FN3O6/c1-13(2)15(20(26)27)10-18(25)17(23-24-22)12-29-11-14-5-6-16(21)19(9-14)30-8-4-7-28-3/h5-6,9,13,15,17-18,25H,4,7-8,10-12H2,1-3H3,(H,26,27). The molecule has 1 aromatic rings. The first-order valence-electron chi connectivity index (χ1n) is 9.73. The molecule has 3 atom stereocenters. The third kappa shape index (κ3) is 8.96. The van der Waals surface area contributed by atoms with Crippen LogP contribution in [-0.2, 0) is 20.9 Å². The average Bonchev–Trinajstić information content (AvgIpc) is 2.70. The van der Waals surface area contributed by atoms with Gasteiger partial charge in [0, 0.05) is 25.0 Å². The second-order valence-corrected chi connectivity index (χ2v) is 7.24. The molecule has 0 spiro atoms. The fraction of sp³-hybridized carbons (Fsp3) is 0.650. The van der Waals surface area contributed by atoms with Crippen molar-refractivity contribution >= 4 is 5.97 Å². The minimum Gasteiger partial charge on any atom is -0.490 e. The van der Waals surface area contributed by atoms with Crippen molar-refractivity contribution in [1.29, 1.82) is 0 Å². The number of aliphatic carboxylic acids is 1. The lowest BCUT2D eigenvalue weighted by Crippen LogP contribution is -2.34. The van der Waals surface area contributed by atoms with Crippen LogP contribution in [-0.4, -0.2) is 55.3 Å². The minimum absolute atomic E-state index is 0.0595. The number of hydrogen-bond donors (Lipinski definition) is 2. The molecule has 0 heterocycles. The molecular weight excluding hydrogens is 397 g/mol. The van der Waals surface area contributed by atoms with Gasteiger partial charge < -0.3 is 24.4 Å². The Bertz CT molecular complexity index is 712. The lowest BCUT2D eigenvalue weighted by Gasteiger charge is -2.23. The summed E-state index contributed by atoms with van der Waals surface area (Å²) in [4.78, 5) is 14.0. The number of carboxylic acids is 1. The van der Waals surface area contributed by atoms with Crippen LogP contribution in [0.2, 0.25) is 0 Å². The summed E-state index contributed by atoms with van der Waals surface area (Å²) in [5, 5.41) is 23.1. The Morgan fingerprint density at radius 2 is 2.07 bits per heavy atom. The number of carboxylic acid groups (broad SMARTS) is 1. The van der Waals surface area contributed by atoms with E-state index in [-0.39, 0.29) is 31.3 Å². The quantitative estimate of drug-likeness (QED) is 0.190. The van der Waals surface area contributed by atoms with Gasteiger partial charge in [-0.15, -0.1) is 0 Å². The van der Waals surface area contributed by atoms with Gasteiger partial charge in [-0.3, -0.25) is 4.79 Å². The molecule has 0 aromatic heterocycles. The predicted molar refractivity (Wildman–Crippen MR) is 108 cm³/mol. The van der Waals surface area contributed by atoms with Gasteiger partial charge in [0.1, 0.15) is 0 Å². The van der Waals surface area contributed by atoms with Crippen molar-refractivity contribution in [3.63, 3.8) is 0 Å². The van der Waals surface area contributed by atoms with Gasteiger partial charge in [-0.1, -0.05) is 25.0 Å². The van der Waals surface area contributed by atoms with E-state index in [4.69, 9.17) is 19.7 Å². The van der Waals surface area contributed by atoms with Crippen LogP contribution in [0.3, 0.4) is 0 Å². The molecule has 0 fully saturated rings. The van der Waals surface area contributed by atoms with Crippen LogP contribution in [0.25, 0.3) is 10.4 Å². The molecule has 0 saturated carbocycles. The van der Waals surface area contributed by atoms with Gasteiger partial charge in [0.15, 0.2) is 11.6 Å². The third-order valence-corrected chi connectivity index (χ3v) is 4.56. The van der Waals surface area contributed by atoms with Crippen LogP contribution < -0.4 is 4.74 Å². The molecule has 0 aliphatic rings. The van der Waals surface area contributed by atoms with E-state index in [0.29, 0.717) is 25.2 Å². The lowest BCUT2D eigenvalue weighted by atomic mass is 9.88. The highest BCUT2D eigenvalue weighted by Gasteiger charge is 2.28. The normalized spacial score (nSPS) is 14.1. The van der Waals surface area contributed by atoms with Crippen molar-refractivity contribution in [2.75, 3.05) is 26.9 Å². The van der Waals surface area contributed by atoms with Gasteiger partial charge in [-0.25, -0.2) is 4.39 Å². The number of azide groups is 1. The maximum Gasteiger partial charge on any atom is 0.306 e. The summed E-state index contributed by atoms with van der Waals surface area (Å²) < 4.78 is 29.7. The van der Waals surface area contributed by atoms with Crippen molar-refractivity contribution in [2.45, 2.75) is 45.4 Å². The van der Waals surface area contributed by atoms with Crippen LogP contribution in [0.5, 0.6) is 5.75 Å². The summed E-state index contributed by atoms with van der Waals surface area (Å²) in [6.07, 6.45) is -0.607. The fourth-order valence-corrected chi connectivity index (χ4v) is 2.79. The van der Waals surface area contributed by atoms with Crippen molar-refractivity contribution in [2.24, 2.45) is 17.0 Å². The van der Waals surface area contributed by atoms with E-state index >= 15 is 0 Å². The van der Waals surface area contributed by atoms with E-state index in [9.17, 15) is 19.4 Å². The van der Waals surface area contributed by atoms with Crippen LogP contribution in [0.15, 0.2) is 23.3 Å². The molecule has 30 heavy (non-hydrogen) atoms. The number of aliphatic hydroxyl groups is 1. The molecule has 0 aliphatic heterocycles. The molecule has 9 nitrogen and oxygen atoms in total. The maximum absolute atomic E-state index is 13.9. The SMILES string of the molecule is COCCCOc1cc(COCC(N=[N+]=[N-])C(O)CC(C(=O)O)C(C)C)ccc1F. The van der Waals surface area contributed by atoms with Crippen molar-refractivity contribution < 1.29 is 33.6 Å². The molecule has 1 aromatic carbocycles. The first kappa shape index (κ1) is 25.6. The highest BCUT2D eigenvalue weighted by molar-refractivity contribution is 5.70. The maximum atomic E-state index is 13.9. The molecule has 0 aliphatic carbocycles. The van der Waals surface area contributed by atoms with Gasteiger partial charge in [0.25, 0.3) is 0 Å². The van der Waals surface area contributed by atoms with Crippen LogP contribution >= 0.6 is 0 Å². The molecule has 0 saturated heterocycles. The number of aliphatic hydroxyl groups excluding tert-OH is 1. The number of rotatable bonds is 15. The van der Waals surface area contributed by atoms with E-state index in [2.05, 4.69) is 10.0 Å². The number of nitrogens with zero attached hydrogens (tertiary/aromatic N) is 3. The highest BCUT2D eigenvalue weighted by Crippen LogP contribution is 2.22. The van der Waals surface area contributed by atoms with E-state index in [0.717, 1.165) is 0 Å². The predicted octanol–water partition coefficient (Wildman–Crippen LogP) is 3.54. The second-order valence-electron chi connectivity index (χ2n) is 7.24. The third-order valence-electron chi connectivity index (χ3n) is 4.56. The molecule has 0 amide bonds. The molecule has 0 bridgehead atoms. The molecular formula is C20H30FN3O6. The summed E-state index contributed by atoms with van der Waals surface area (Å²) in [6, 6.07) is 3.38. The van der Waals surface area contributed by atoms with Crippen molar-refractivity contribution in [1.82, 2.24) is 0 Å². The van der Waals surface area contributed by atoms with E-state index in [1.54, 1.807) is 21.0 Å². The summed E-state index contributed by atoms with van der Waals surface area (Å²) in [7, 11) is 1.57. The number of halogens is 1. The molecule has 1 rings (SSSR count). The van der Waals surface area contributed by atoms with Crippen molar-refractivity contribution in [3.8, 4) is 5.75 Å². The molecule has 3 unspecified atom stereocenters. The molecule has 2 N–H and O–H groups in total. The van der Waals surface area contributed by atoms with Crippen LogP contribution in [0.1, 0.15) is 32.3 Å². The summed E-state index contributed by atoms with van der Waals surface area (Å²) in [5.74, 6) is -2.38. The number of hydrogen-bond acceptors (Lipinski definition) is 6. The topological polar surface area (TPSA) is 134 Å². The number of carbonyl (C=O) groups is 1. The Balaban J connectivity index is 2.65. The number of ether oxygens (including phenoxy) is 3. The van der Waals surface area contributed by atoms with Crippen LogP contribution in [0, 0.1) is 17.7 Å². The number of methoxy groups -OCH3 is 1. The lowest BCUT2D eigenvalue weighted by molar-refractivity contribution is -0.144. The van der Waals surface area contributed by atoms with Gasteiger partial charge >= 0.3 is 5.97 Å². The van der Waals surface area contributed by atoms with Crippen molar-refractivity contribution in [3.05, 3.63) is 40.0 Å². The van der Waals surface area contributed by atoms with Gasteiger partial charge in [-0.05, 0) is 35.6 Å². The fourth-order valence-electron chi connectivity index (χ4n) is 2.79. The average molecular weight is 427 g/mol. The zero-order valence-corrected chi connectivity index (χ0v) is 17.5. The van der Waals surface area contributed by atoms with E-state index in [1.807, 2.05) is 0 Å². The summed E-state index contributed by atoms with van der Waals surface area (Å²) in [5.41, 5.74) is 9.39. The molecule has 168 valence electrons. The first-order valence-corrected chi connectivity index (χ1v) is 9.73. The zero-order valence-electron chi connectivity index (χ0n) is 17.5. The minimum atomic E-state index is -1.17. The Hall–Kier alpha value is -2.39. The smallest absolute Gasteiger partial charge is 0.306 e. The molecule has 0 radical (unpaired) electrons. The van der Waals surface area contributed by atoms with Crippen LogP contribution in [0.4, 0.5) is 4.39 Å². The van der Waals surface area contributed by atoms with Gasteiger partial charge in [0.2, 0.25) is 0 Å².